The number of halogens is 1. The first-order valence-corrected chi connectivity index (χ1v) is 9.92. The summed E-state index contributed by atoms with van der Waals surface area (Å²) in [7, 11) is 0. The second-order valence-electron chi connectivity index (χ2n) is 7.39. The zero-order valence-electron chi connectivity index (χ0n) is 16.8. The molecule has 0 fully saturated rings. The lowest BCUT2D eigenvalue weighted by Crippen LogP contribution is -2.34. The molecule has 1 heterocycles. The highest BCUT2D eigenvalue weighted by molar-refractivity contribution is 9.09. The van der Waals surface area contributed by atoms with Crippen molar-refractivity contribution in [3.63, 3.8) is 0 Å². The number of alkyl halides is 1. The lowest BCUT2D eigenvalue weighted by molar-refractivity contribution is -0.133. The number of carbonyl (C=O) groups is 3. The van der Waals surface area contributed by atoms with Crippen LogP contribution >= 0.6 is 15.9 Å². The highest BCUT2D eigenvalue weighted by atomic mass is 79.9. The molecule has 1 aliphatic rings. The van der Waals surface area contributed by atoms with E-state index < -0.39 is 23.5 Å². The summed E-state index contributed by atoms with van der Waals surface area (Å²) in [4.78, 5) is 35.2. The number of benzene rings is 2. The minimum atomic E-state index is -0.590. The second-order valence-corrected chi connectivity index (χ2v) is 8.50. The summed E-state index contributed by atoms with van der Waals surface area (Å²) in [5.41, 5.74) is -0.0311. The molecule has 8 heteroatoms. The standard InChI is InChI=1S/C21H21BrO7/c1-10(23)26-15-8-6-7-13-16(15)19(28-12(3)25)20-17(18(13)27-11(2)24)14(22)9-21(4,5)29-20/h6-8,14H,9H2,1-5H3. The Morgan fingerprint density at radius 1 is 1.00 bits per heavy atom. The van der Waals surface area contributed by atoms with E-state index in [2.05, 4.69) is 15.9 Å². The molecule has 154 valence electrons. The summed E-state index contributed by atoms with van der Waals surface area (Å²) in [5.74, 6) is -0.808. The molecule has 1 unspecified atom stereocenters. The number of hydrogen-bond donors (Lipinski definition) is 0. The molecule has 1 aliphatic heterocycles. The van der Waals surface area contributed by atoms with Crippen LogP contribution in [0.5, 0.6) is 23.0 Å². The van der Waals surface area contributed by atoms with E-state index in [4.69, 9.17) is 18.9 Å². The monoisotopic (exact) mass is 464 g/mol. The molecule has 0 amide bonds. The van der Waals surface area contributed by atoms with Gasteiger partial charge in [0, 0.05) is 32.6 Å². The maximum atomic E-state index is 11.9. The first-order valence-electron chi connectivity index (χ1n) is 9.01. The number of fused-ring (bicyclic) bond motifs is 2. The number of hydrogen-bond acceptors (Lipinski definition) is 7. The van der Waals surface area contributed by atoms with Gasteiger partial charge in [-0.25, -0.2) is 0 Å². The maximum absolute atomic E-state index is 11.9. The van der Waals surface area contributed by atoms with E-state index in [0.29, 0.717) is 22.8 Å². The van der Waals surface area contributed by atoms with Gasteiger partial charge in [0.1, 0.15) is 17.1 Å². The Morgan fingerprint density at radius 3 is 2.17 bits per heavy atom. The zero-order valence-corrected chi connectivity index (χ0v) is 18.3. The van der Waals surface area contributed by atoms with Gasteiger partial charge >= 0.3 is 17.9 Å². The fourth-order valence-corrected chi connectivity index (χ4v) is 4.61. The van der Waals surface area contributed by atoms with E-state index in [9.17, 15) is 14.4 Å². The van der Waals surface area contributed by atoms with Crippen LogP contribution in [0.2, 0.25) is 0 Å². The highest BCUT2D eigenvalue weighted by Crippen LogP contribution is 2.57. The van der Waals surface area contributed by atoms with Crippen molar-refractivity contribution in [3.05, 3.63) is 23.8 Å². The number of ether oxygens (including phenoxy) is 4. The lowest BCUT2D eigenvalue weighted by Gasteiger charge is -2.37. The van der Waals surface area contributed by atoms with Crippen LogP contribution in [0.1, 0.15) is 51.4 Å². The Bertz CT molecular complexity index is 1030. The number of rotatable bonds is 3. The topological polar surface area (TPSA) is 88.1 Å². The summed E-state index contributed by atoms with van der Waals surface area (Å²) in [6.07, 6.45) is 0.586. The average molecular weight is 465 g/mol. The van der Waals surface area contributed by atoms with Gasteiger partial charge in [0.2, 0.25) is 0 Å². The molecule has 0 N–H and O–H groups in total. The average Bonchev–Trinajstić information content (AvgIpc) is 2.55. The smallest absolute Gasteiger partial charge is 0.308 e. The van der Waals surface area contributed by atoms with Gasteiger partial charge < -0.3 is 18.9 Å². The first kappa shape index (κ1) is 21.1. The lowest BCUT2D eigenvalue weighted by atomic mass is 9.90. The highest BCUT2D eigenvalue weighted by Gasteiger charge is 2.40. The molecule has 2 aromatic carbocycles. The quantitative estimate of drug-likeness (QED) is 0.372. The molecule has 0 aliphatic carbocycles. The van der Waals surface area contributed by atoms with Gasteiger partial charge in [-0.1, -0.05) is 28.1 Å². The molecule has 0 spiro atoms. The van der Waals surface area contributed by atoms with E-state index in [1.54, 1.807) is 18.2 Å². The molecule has 2 aromatic rings. The van der Waals surface area contributed by atoms with Crippen LogP contribution < -0.4 is 18.9 Å². The normalized spacial score (nSPS) is 17.1. The minimum absolute atomic E-state index is 0.118. The summed E-state index contributed by atoms with van der Waals surface area (Å²) in [6.45, 7) is 7.63. The summed E-state index contributed by atoms with van der Waals surface area (Å²) in [5, 5.41) is 0.770. The molecule has 29 heavy (non-hydrogen) atoms. The van der Waals surface area contributed by atoms with E-state index in [1.165, 1.54) is 20.8 Å². The predicted octanol–water partition coefficient (Wildman–Crippen LogP) is 4.61. The fraction of sp³-hybridized carbons (Fsp3) is 0.381. The van der Waals surface area contributed by atoms with Crippen molar-refractivity contribution in [3.8, 4) is 23.0 Å². The van der Waals surface area contributed by atoms with E-state index in [-0.39, 0.29) is 27.8 Å². The van der Waals surface area contributed by atoms with Crippen molar-refractivity contribution >= 4 is 44.6 Å². The van der Waals surface area contributed by atoms with Crippen molar-refractivity contribution in [1.29, 1.82) is 0 Å². The van der Waals surface area contributed by atoms with Crippen molar-refractivity contribution in [2.75, 3.05) is 0 Å². The second kappa shape index (κ2) is 7.67. The zero-order chi connectivity index (χ0) is 21.5. The van der Waals surface area contributed by atoms with Crippen molar-refractivity contribution in [1.82, 2.24) is 0 Å². The largest absolute Gasteiger partial charge is 0.483 e. The molecular weight excluding hydrogens is 444 g/mol. The van der Waals surface area contributed by atoms with Gasteiger partial charge in [-0.15, -0.1) is 0 Å². The Morgan fingerprint density at radius 2 is 1.59 bits per heavy atom. The molecular formula is C21H21BrO7. The van der Waals surface area contributed by atoms with E-state index in [1.807, 2.05) is 13.8 Å². The summed E-state index contributed by atoms with van der Waals surface area (Å²) < 4.78 is 22.6. The molecule has 1 atom stereocenters. The van der Waals surface area contributed by atoms with Crippen LogP contribution in [0.3, 0.4) is 0 Å². The fourth-order valence-electron chi connectivity index (χ4n) is 3.41. The molecule has 0 radical (unpaired) electrons. The summed E-state index contributed by atoms with van der Waals surface area (Å²) in [6, 6.07) is 4.93. The van der Waals surface area contributed by atoms with Gasteiger partial charge in [0.15, 0.2) is 11.5 Å². The van der Waals surface area contributed by atoms with Crippen LogP contribution in [-0.2, 0) is 14.4 Å². The van der Waals surface area contributed by atoms with E-state index >= 15 is 0 Å². The van der Waals surface area contributed by atoms with Crippen LogP contribution in [0, 0.1) is 0 Å². The third-order valence-electron chi connectivity index (χ3n) is 4.30. The molecule has 0 saturated heterocycles. The molecule has 7 nitrogen and oxygen atoms in total. The van der Waals surface area contributed by atoms with Crippen LogP contribution in [0.4, 0.5) is 0 Å². The number of esters is 3. The molecule has 0 bridgehead atoms. The van der Waals surface area contributed by atoms with Gasteiger partial charge in [-0.3, -0.25) is 14.4 Å². The van der Waals surface area contributed by atoms with Crippen LogP contribution in [-0.4, -0.2) is 23.5 Å². The maximum Gasteiger partial charge on any atom is 0.308 e. The molecule has 0 saturated carbocycles. The van der Waals surface area contributed by atoms with Crippen LogP contribution in [0.25, 0.3) is 10.8 Å². The molecule has 3 rings (SSSR count). The summed E-state index contributed by atoms with van der Waals surface area (Å²) >= 11 is 3.65. The van der Waals surface area contributed by atoms with E-state index in [0.717, 1.165) is 0 Å². The minimum Gasteiger partial charge on any atom is -0.483 e. The predicted molar refractivity (Wildman–Crippen MR) is 109 cm³/mol. The van der Waals surface area contributed by atoms with Gasteiger partial charge in [-0.05, 0) is 19.9 Å². The van der Waals surface area contributed by atoms with Gasteiger partial charge in [-0.2, -0.15) is 0 Å². The van der Waals surface area contributed by atoms with Crippen molar-refractivity contribution in [2.24, 2.45) is 0 Å². The third-order valence-corrected chi connectivity index (χ3v) is 5.08. The Labute approximate surface area is 176 Å². The molecule has 0 aromatic heterocycles. The van der Waals surface area contributed by atoms with Crippen molar-refractivity contribution < 1.29 is 33.3 Å². The van der Waals surface area contributed by atoms with Gasteiger partial charge in [0.05, 0.1) is 15.8 Å². The van der Waals surface area contributed by atoms with Gasteiger partial charge in [0.25, 0.3) is 0 Å². The number of carbonyl (C=O) groups excluding carboxylic acids is 3. The SMILES string of the molecule is CC(=O)Oc1c2c(c(OC(C)=O)c3c(OC(C)=O)cccc13)OC(C)(C)CC2Br. The Kier molecular flexibility index (Phi) is 5.58. The van der Waals surface area contributed by atoms with Crippen molar-refractivity contribution in [2.45, 2.75) is 51.5 Å². The third kappa shape index (κ3) is 4.22. The Balaban J connectivity index is 2.49. The Hall–Kier alpha value is -2.61. The first-order chi connectivity index (χ1) is 13.5. The van der Waals surface area contributed by atoms with Crippen LogP contribution in [0.15, 0.2) is 18.2 Å².